The lowest BCUT2D eigenvalue weighted by molar-refractivity contribution is 1.24. The van der Waals surface area contributed by atoms with E-state index in [2.05, 4.69) is 125 Å². The Bertz CT molecular complexity index is 1790. The largest absolute Gasteiger partial charge is 0.354 e. The van der Waals surface area contributed by atoms with E-state index in [1.165, 1.54) is 60.4 Å². The minimum Gasteiger partial charge on any atom is -0.354 e. The first-order valence-corrected chi connectivity index (χ1v) is 11.4. The molecule has 0 saturated heterocycles. The van der Waals surface area contributed by atoms with E-state index in [0.717, 1.165) is 6.42 Å². The molecule has 0 bridgehead atoms. The fourth-order valence-corrected chi connectivity index (χ4v) is 5.18. The van der Waals surface area contributed by atoms with Gasteiger partial charge in [-0.25, -0.2) is 0 Å². The number of para-hydroxylation sites is 2. The van der Waals surface area contributed by atoms with E-state index >= 15 is 0 Å². The van der Waals surface area contributed by atoms with Crippen molar-refractivity contribution in [2.45, 2.75) is 6.42 Å². The smallest absolute Gasteiger partial charge is 0.0541 e. The molecule has 2 nitrogen and oxygen atoms in total. The molecule has 0 fully saturated rings. The fraction of sp³-hybridized carbons (Fsp3) is 0.0323. The number of benzene rings is 4. The molecule has 2 aromatic heterocycles. The summed E-state index contributed by atoms with van der Waals surface area (Å²) in [6, 6.07) is 30.8. The molecular formula is C31H22N2. The van der Waals surface area contributed by atoms with Gasteiger partial charge in [-0.15, -0.1) is 0 Å². The lowest BCUT2D eigenvalue weighted by Gasteiger charge is -2.09. The van der Waals surface area contributed by atoms with Crippen LogP contribution in [0, 0.1) is 0 Å². The van der Waals surface area contributed by atoms with Gasteiger partial charge in [-0.05, 0) is 60.0 Å². The van der Waals surface area contributed by atoms with Gasteiger partial charge in [-0.1, -0.05) is 72.8 Å². The number of hydrogen-bond donors (Lipinski definition) is 1. The second-order valence-corrected chi connectivity index (χ2v) is 8.67. The van der Waals surface area contributed by atoms with Crippen molar-refractivity contribution < 1.29 is 0 Å². The molecule has 1 N–H and O–H groups in total. The lowest BCUT2D eigenvalue weighted by Crippen LogP contribution is -1.94. The number of rotatable bonds is 2. The molecule has 0 unspecified atom stereocenters. The predicted octanol–water partition coefficient (Wildman–Crippen LogP) is 8.45. The zero-order valence-electron chi connectivity index (χ0n) is 18.1. The summed E-state index contributed by atoms with van der Waals surface area (Å²) in [6.45, 7) is 0. The van der Waals surface area contributed by atoms with Crippen molar-refractivity contribution in [2.24, 2.45) is 0 Å². The van der Waals surface area contributed by atoms with Gasteiger partial charge in [0.1, 0.15) is 0 Å². The fourth-order valence-electron chi connectivity index (χ4n) is 5.18. The average Bonchev–Trinajstić information content (AvgIpc) is 3.26. The minimum atomic E-state index is 0.970. The van der Waals surface area contributed by atoms with Gasteiger partial charge in [0.2, 0.25) is 0 Å². The molecule has 1 aliphatic rings. The number of hydrogen-bond acceptors (Lipinski definition) is 0. The molecule has 2 heterocycles. The van der Waals surface area contributed by atoms with E-state index in [1.807, 2.05) is 0 Å². The molecule has 6 aromatic rings. The molecule has 1 aliphatic carbocycles. The Hall–Kier alpha value is -4.30. The molecule has 7 rings (SSSR count). The Balaban J connectivity index is 1.45. The van der Waals surface area contributed by atoms with Gasteiger partial charge >= 0.3 is 0 Å². The van der Waals surface area contributed by atoms with Crippen LogP contribution in [0.25, 0.3) is 60.4 Å². The summed E-state index contributed by atoms with van der Waals surface area (Å²) in [7, 11) is 0. The van der Waals surface area contributed by atoms with Crippen LogP contribution in [0.15, 0.2) is 115 Å². The number of aromatic nitrogens is 2. The zero-order chi connectivity index (χ0) is 21.8. The van der Waals surface area contributed by atoms with Crippen molar-refractivity contribution in [3.63, 3.8) is 0 Å². The monoisotopic (exact) mass is 422 g/mol. The standard InChI is InChI=1S/C31H22N2/c1-2-4-10-23(9-3-1)33-30-14-8-6-12-26(30)27-19-21(16-18-31(27)33)22-15-17-25-24-11-5-7-13-28(24)32-29(25)20-22/h1,3-20,32H,2H2. The maximum absolute atomic E-state index is 3.58. The van der Waals surface area contributed by atoms with Crippen LogP contribution in [0.5, 0.6) is 0 Å². The molecule has 0 aliphatic heterocycles. The summed E-state index contributed by atoms with van der Waals surface area (Å²) in [5, 5.41) is 5.11. The normalized spacial score (nSPS) is 13.9. The van der Waals surface area contributed by atoms with E-state index in [4.69, 9.17) is 0 Å². The van der Waals surface area contributed by atoms with Crippen LogP contribution in [0.1, 0.15) is 6.42 Å². The minimum absolute atomic E-state index is 0.970. The van der Waals surface area contributed by atoms with Gasteiger partial charge in [0.25, 0.3) is 0 Å². The number of aromatic amines is 1. The third-order valence-corrected chi connectivity index (χ3v) is 6.73. The van der Waals surface area contributed by atoms with Crippen LogP contribution < -0.4 is 0 Å². The van der Waals surface area contributed by atoms with E-state index in [0.29, 0.717) is 0 Å². The first-order chi connectivity index (χ1) is 16.4. The summed E-state index contributed by atoms with van der Waals surface area (Å²) in [5.74, 6) is 0. The number of nitrogens with one attached hydrogen (secondary N) is 1. The van der Waals surface area contributed by atoms with Crippen molar-refractivity contribution in [1.29, 1.82) is 0 Å². The van der Waals surface area contributed by atoms with Gasteiger partial charge in [-0.3, -0.25) is 0 Å². The molecule has 0 radical (unpaired) electrons. The highest BCUT2D eigenvalue weighted by molar-refractivity contribution is 6.12. The number of allylic oxidation sites excluding steroid dienone is 6. The first-order valence-electron chi connectivity index (χ1n) is 11.4. The second-order valence-electron chi connectivity index (χ2n) is 8.67. The SMILES string of the molecule is C1=CCC=CC(n2c3ccccc3c3cc(-c4ccc5c(c4)[nH]c4ccccc45)ccc32)=C1. The van der Waals surface area contributed by atoms with Gasteiger partial charge in [0, 0.05) is 38.3 Å². The van der Waals surface area contributed by atoms with Crippen LogP contribution in [-0.4, -0.2) is 9.55 Å². The summed E-state index contributed by atoms with van der Waals surface area (Å²) in [6.07, 6.45) is 12.0. The summed E-state index contributed by atoms with van der Waals surface area (Å²) >= 11 is 0. The molecule has 2 heteroatoms. The van der Waals surface area contributed by atoms with Crippen molar-refractivity contribution in [1.82, 2.24) is 9.55 Å². The van der Waals surface area contributed by atoms with Crippen LogP contribution in [-0.2, 0) is 0 Å². The van der Waals surface area contributed by atoms with Crippen molar-refractivity contribution in [3.05, 3.63) is 115 Å². The summed E-state index contributed by atoms with van der Waals surface area (Å²) in [5.41, 5.74) is 8.49. The maximum atomic E-state index is 3.58. The predicted molar refractivity (Wildman–Crippen MR) is 141 cm³/mol. The topological polar surface area (TPSA) is 20.7 Å². The molecule has 0 saturated carbocycles. The van der Waals surface area contributed by atoms with Crippen LogP contribution >= 0.6 is 0 Å². The third-order valence-electron chi connectivity index (χ3n) is 6.73. The van der Waals surface area contributed by atoms with Crippen molar-refractivity contribution in [3.8, 4) is 11.1 Å². The van der Waals surface area contributed by atoms with Crippen molar-refractivity contribution in [2.75, 3.05) is 0 Å². The van der Waals surface area contributed by atoms with E-state index in [1.54, 1.807) is 0 Å². The van der Waals surface area contributed by atoms with Crippen molar-refractivity contribution >= 4 is 49.3 Å². The number of H-pyrrole nitrogens is 1. The molecule has 4 aromatic carbocycles. The Morgan fingerprint density at radius 3 is 2.33 bits per heavy atom. The molecule has 0 amide bonds. The van der Waals surface area contributed by atoms with Gasteiger partial charge in [-0.2, -0.15) is 0 Å². The molecule has 0 atom stereocenters. The first kappa shape index (κ1) is 18.3. The van der Waals surface area contributed by atoms with Crippen LogP contribution in [0.4, 0.5) is 0 Å². The van der Waals surface area contributed by atoms with E-state index in [9.17, 15) is 0 Å². The molecule has 33 heavy (non-hydrogen) atoms. The highest BCUT2D eigenvalue weighted by Gasteiger charge is 2.14. The average molecular weight is 423 g/mol. The third kappa shape index (κ3) is 2.81. The molecular weight excluding hydrogens is 400 g/mol. The Labute approximate surface area is 191 Å². The van der Waals surface area contributed by atoms with Crippen LogP contribution in [0.3, 0.4) is 0 Å². The number of nitrogens with zero attached hydrogens (tertiary/aromatic N) is 1. The molecule has 0 spiro atoms. The van der Waals surface area contributed by atoms with Gasteiger partial charge in [0.05, 0.1) is 11.0 Å². The highest BCUT2D eigenvalue weighted by Crippen LogP contribution is 2.36. The highest BCUT2D eigenvalue weighted by atomic mass is 15.0. The lowest BCUT2D eigenvalue weighted by atomic mass is 10.0. The Kier molecular flexibility index (Phi) is 3.94. The molecule has 156 valence electrons. The zero-order valence-corrected chi connectivity index (χ0v) is 18.1. The van der Waals surface area contributed by atoms with Gasteiger partial charge in [0.15, 0.2) is 0 Å². The quantitative estimate of drug-likeness (QED) is 0.289. The second kappa shape index (κ2) is 7.11. The number of fused-ring (bicyclic) bond motifs is 6. The Morgan fingerprint density at radius 2 is 1.36 bits per heavy atom. The summed E-state index contributed by atoms with van der Waals surface area (Å²) < 4.78 is 2.38. The Morgan fingerprint density at radius 1 is 0.606 bits per heavy atom. The van der Waals surface area contributed by atoms with E-state index < -0.39 is 0 Å². The maximum Gasteiger partial charge on any atom is 0.0541 e. The van der Waals surface area contributed by atoms with E-state index in [-0.39, 0.29) is 0 Å². The summed E-state index contributed by atoms with van der Waals surface area (Å²) in [4.78, 5) is 3.58. The van der Waals surface area contributed by atoms with Crippen LogP contribution in [0.2, 0.25) is 0 Å². The van der Waals surface area contributed by atoms with Gasteiger partial charge < -0.3 is 9.55 Å².